The molecule has 104 valence electrons. The molecule has 0 aliphatic carbocycles. The quantitative estimate of drug-likeness (QED) is 0.856. The van der Waals surface area contributed by atoms with Crippen LogP contribution in [-0.2, 0) is 4.74 Å². The predicted molar refractivity (Wildman–Crippen MR) is 73.9 cm³/mol. The van der Waals surface area contributed by atoms with Crippen LogP contribution in [0.4, 0.5) is 0 Å². The summed E-state index contributed by atoms with van der Waals surface area (Å²) in [6, 6.07) is 5.08. The Kier molecular flexibility index (Phi) is 4.66. The second kappa shape index (κ2) is 6.26. The summed E-state index contributed by atoms with van der Waals surface area (Å²) in [5, 5.41) is 0.532. The van der Waals surface area contributed by atoms with Crippen molar-refractivity contribution in [3.05, 3.63) is 28.8 Å². The van der Waals surface area contributed by atoms with Gasteiger partial charge in [-0.3, -0.25) is 4.79 Å². The zero-order valence-corrected chi connectivity index (χ0v) is 11.9. The highest BCUT2D eigenvalue weighted by Crippen LogP contribution is 2.25. The number of ether oxygens (including phenoxy) is 2. The van der Waals surface area contributed by atoms with Gasteiger partial charge >= 0.3 is 0 Å². The van der Waals surface area contributed by atoms with Gasteiger partial charge in [-0.1, -0.05) is 18.5 Å². The summed E-state index contributed by atoms with van der Waals surface area (Å²) in [4.78, 5) is 14.3. The van der Waals surface area contributed by atoms with E-state index in [2.05, 4.69) is 6.92 Å². The summed E-state index contributed by atoms with van der Waals surface area (Å²) in [6.45, 7) is 3.85. The number of amides is 1. The van der Waals surface area contributed by atoms with Crippen LogP contribution in [0.5, 0.6) is 5.75 Å². The average molecular weight is 284 g/mol. The minimum Gasteiger partial charge on any atom is -0.496 e. The van der Waals surface area contributed by atoms with Crippen molar-refractivity contribution in [1.29, 1.82) is 0 Å². The number of benzene rings is 1. The Morgan fingerprint density at radius 3 is 3.05 bits per heavy atom. The molecule has 4 nitrogen and oxygen atoms in total. The van der Waals surface area contributed by atoms with Gasteiger partial charge in [-0.05, 0) is 24.6 Å². The van der Waals surface area contributed by atoms with Crippen LogP contribution in [0, 0.1) is 0 Å². The fraction of sp³-hybridized carbons (Fsp3) is 0.500. The molecule has 1 aromatic rings. The molecule has 0 spiro atoms. The Labute approximate surface area is 118 Å². The number of carbonyl (C=O) groups excluding carboxylic acids is 1. The summed E-state index contributed by atoms with van der Waals surface area (Å²) >= 11 is 5.96. The molecule has 5 heteroatoms. The summed E-state index contributed by atoms with van der Waals surface area (Å²) in [5.74, 6) is 0.495. The Morgan fingerprint density at radius 1 is 1.58 bits per heavy atom. The van der Waals surface area contributed by atoms with Gasteiger partial charge in [0.25, 0.3) is 5.91 Å². The molecule has 0 radical (unpaired) electrons. The summed E-state index contributed by atoms with van der Waals surface area (Å²) in [5.41, 5.74) is 0.506. The fourth-order valence-corrected chi connectivity index (χ4v) is 2.34. The summed E-state index contributed by atoms with van der Waals surface area (Å²) in [7, 11) is 1.55. The van der Waals surface area contributed by atoms with Gasteiger partial charge in [0.15, 0.2) is 0 Å². The number of hydrogen-bond donors (Lipinski definition) is 0. The summed E-state index contributed by atoms with van der Waals surface area (Å²) < 4.78 is 10.8. The third-order valence-electron chi connectivity index (χ3n) is 3.27. The fourth-order valence-electron chi connectivity index (χ4n) is 2.17. The molecule has 0 bridgehead atoms. The molecular formula is C14H18ClNO3. The summed E-state index contributed by atoms with van der Waals surface area (Å²) in [6.07, 6.45) is 1.01. The van der Waals surface area contributed by atoms with E-state index in [9.17, 15) is 4.79 Å². The van der Waals surface area contributed by atoms with Gasteiger partial charge in [-0.15, -0.1) is 0 Å². The van der Waals surface area contributed by atoms with Crippen molar-refractivity contribution < 1.29 is 14.3 Å². The normalized spacial score (nSPS) is 19.3. The van der Waals surface area contributed by atoms with Gasteiger partial charge in [0.2, 0.25) is 0 Å². The predicted octanol–water partition coefficient (Wildman–Crippen LogP) is 2.60. The molecule has 0 saturated carbocycles. The molecule has 2 rings (SSSR count). The molecule has 1 saturated heterocycles. The van der Waals surface area contributed by atoms with Crippen molar-refractivity contribution in [1.82, 2.24) is 4.90 Å². The molecule has 1 fully saturated rings. The van der Waals surface area contributed by atoms with E-state index in [4.69, 9.17) is 21.1 Å². The lowest BCUT2D eigenvalue weighted by molar-refractivity contribution is -0.0227. The van der Waals surface area contributed by atoms with Crippen LogP contribution in [0.2, 0.25) is 5.02 Å². The lowest BCUT2D eigenvalue weighted by atomic mass is 10.1. The van der Waals surface area contributed by atoms with Gasteiger partial charge in [0, 0.05) is 18.1 Å². The third-order valence-corrected chi connectivity index (χ3v) is 3.51. The molecular weight excluding hydrogens is 266 g/mol. The van der Waals surface area contributed by atoms with Gasteiger partial charge in [0.1, 0.15) is 5.75 Å². The topological polar surface area (TPSA) is 38.8 Å². The molecule has 19 heavy (non-hydrogen) atoms. The standard InChI is InChI=1S/C14H18ClNO3/c1-3-11-9-16(6-7-19-11)14(17)12-8-10(15)4-5-13(12)18-2/h4-5,8,11H,3,6-7,9H2,1-2H3. The second-order valence-electron chi connectivity index (χ2n) is 4.50. The first-order valence-corrected chi connectivity index (χ1v) is 6.78. The number of nitrogens with zero attached hydrogens (tertiary/aromatic N) is 1. The largest absolute Gasteiger partial charge is 0.496 e. The number of hydrogen-bond acceptors (Lipinski definition) is 3. The number of morpholine rings is 1. The maximum absolute atomic E-state index is 12.5. The van der Waals surface area contributed by atoms with Crippen molar-refractivity contribution in [2.75, 3.05) is 26.8 Å². The van der Waals surface area contributed by atoms with Crippen LogP contribution in [-0.4, -0.2) is 43.7 Å². The lowest BCUT2D eigenvalue weighted by Gasteiger charge is -2.32. The van der Waals surface area contributed by atoms with E-state index in [1.807, 2.05) is 0 Å². The van der Waals surface area contributed by atoms with E-state index in [1.165, 1.54) is 0 Å². The van der Waals surface area contributed by atoms with E-state index in [1.54, 1.807) is 30.2 Å². The highest BCUT2D eigenvalue weighted by atomic mass is 35.5. The zero-order chi connectivity index (χ0) is 13.8. The highest BCUT2D eigenvalue weighted by molar-refractivity contribution is 6.31. The number of halogens is 1. The first-order chi connectivity index (χ1) is 9.15. The molecule has 1 aromatic carbocycles. The lowest BCUT2D eigenvalue weighted by Crippen LogP contribution is -2.45. The van der Waals surface area contributed by atoms with Crippen LogP contribution in [0.1, 0.15) is 23.7 Å². The monoisotopic (exact) mass is 283 g/mol. The van der Waals surface area contributed by atoms with Crippen LogP contribution < -0.4 is 4.74 Å². The van der Waals surface area contributed by atoms with Crippen LogP contribution in [0.15, 0.2) is 18.2 Å². The van der Waals surface area contributed by atoms with Crippen molar-refractivity contribution in [3.63, 3.8) is 0 Å². The smallest absolute Gasteiger partial charge is 0.257 e. The van der Waals surface area contributed by atoms with E-state index in [0.29, 0.717) is 36.0 Å². The first-order valence-electron chi connectivity index (χ1n) is 6.40. The molecule has 1 atom stereocenters. The van der Waals surface area contributed by atoms with Crippen molar-refractivity contribution in [3.8, 4) is 5.75 Å². The average Bonchev–Trinajstić information content (AvgIpc) is 2.46. The number of rotatable bonds is 3. The van der Waals surface area contributed by atoms with Crippen LogP contribution >= 0.6 is 11.6 Å². The van der Waals surface area contributed by atoms with Crippen LogP contribution in [0.3, 0.4) is 0 Å². The molecule has 1 aliphatic rings. The van der Waals surface area contributed by atoms with Crippen molar-refractivity contribution in [2.45, 2.75) is 19.4 Å². The first kappa shape index (κ1) is 14.2. The maximum atomic E-state index is 12.5. The van der Waals surface area contributed by atoms with E-state index in [0.717, 1.165) is 6.42 Å². The molecule has 0 N–H and O–H groups in total. The Bertz CT molecular complexity index is 464. The Hall–Kier alpha value is -1.26. The van der Waals surface area contributed by atoms with E-state index >= 15 is 0 Å². The minimum absolute atomic E-state index is 0.0545. The van der Waals surface area contributed by atoms with E-state index in [-0.39, 0.29) is 12.0 Å². The third kappa shape index (κ3) is 3.19. The van der Waals surface area contributed by atoms with Gasteiger partial charge in [0.05, 0.1) is 25.4 Å². The number of methoxy groups -OCH3 is 1. The maximum Gasteiger partial charge on any atom is 0.257 e. The molecule has 1 amide bonds. The van der Waals surface area contributed by atoms with Crippen molar-refractivity contribution >= 4 is 17.5 Å². The minimum atomic E-state index is -0.0545. The molecule has 1 heterocycles. The van der Waals surface area contributed by atoms with Gasteiger partial charge in [-0.2, -0.15) is 0 Å². The van der Waals surface area contributed by atoms with Crippen molar-refractivity contribution in [2.24, 2.45) is 0 Å². The Morgan fingerprint density at radius 2 is 2.37 bits per heavy atom. The van der Waals surface area contributed by atoms with E-state index < -0.39 is 0 Å². The zero-order valence-electron chi connectivity index (χ0n) is 11.2. The Balaban J connectivity index is 2.21. The van der Waals surface area contributed by atoms with Gasteiger partial charge < -0.3 is 14.4 Å². The van der Waals surface area contributed by atoms with Gasteiger partial charge in [-0.25, -0.2) is 0 Å². The molecule has 0 aromatic heterocycles. The molecule has 1 unspecified atom stereocenters. The van der Waals surface area contributed by atoms with Crippen LogP contribution in [0.25, 0.3) is 0 Å². The number of carbonyl (C=O) groups is 1. The highest BCUT2D eigenvalue weighted by Gasteiger charge is 2.26. The second-order valence-corrected chi connectivity index (χ2v) is 4.93. The molecule has 1 aliphatic heterocycles. The SMILES string of the molecule is CCC1CN(C(=O)c2cc(Cl)ccc2OC)CCO1.